The van der Waals surface area contributed by atoms with Crippen LogP contribution in [0.5, 0.6) is 5.75 Å². The summed E-state index contributed by atoms with van der Waals surface area (Å²) in [5, 5.41) is 17.6. The summed E-state index contributed by atoms with van der Waals surface area (Å²) in [6.07, 6.45) is 0. The molecule has 0 aliphatic rings. The topological polar surface area (TPSA) is 92.8 Å². The van der Waals surface area contributed by atoms with Crippen LogP contribution in [0.4, 0.5) is 4.39 Å². The van der Waals surface area contributed by atoms with E-state index >= 15 is 0 Å². The van der Waals surface area contributed by atoms with Crippen LogP contribution < -0.4 is 5.90 Å². The van der Waals surface area contributed by atoms with Gasteiger partial charge < -0.3 is 10.2 Å². The summed E-state index contributed by atoms with van der Waals surface area (Å²) in [6, 6.07) is 2.04. The predicted octanol–water partition coefficient (Wildman–Crippen LogP) is 0.620. The third kappa shape index (κ3) is 1.98. The van der Waals surface area contributed by atoms with Crippen LogP contribution in [0.3, 0.4) is 0 Å². The van der Waals surface area contributed by atoms with Gasteiger partial charge in [-0.05, 0) is 17.7 Å². The zero-order chi connectivity index (χ0) is 10.7. The smallest absolute Gasteiger partial charge is 0.339 e. The van der Waals surface area contributed by atoms with E-state index in [1.165, 1.54) is 0 Å². The van der Waals surface area contributed by atoms with Gasteiger partial charge in [-0.3, -0.25) is 4.84 Å². The highest BCUT2D eigenvalue weighted by atomic mass is 19.1. The molecule has 0 bridgehead atoms. The molecule has 76 valence electrons. The maximum atomic E-state index is 12.9. The van der Waals surface area contributed by atoms with Gasteiger partial charge in [0.05, 0.1) is 6.61 Å². The van der Waals surface area contributed by atoms with Gasteiger partial charge >= 0.3 is 5.97 Å². The van der Waals surface area contributed by atoms with Crippen molar-refractivity contribution in [1.29, 1.82) is 0 Å². The number of aromatic carboxylic acids is 1. The Morgan fingerprint density at radius 3 is 2.71 bits per heavy atom. The fraction of sp³-hybridized carbons (Fsp3) is 0.125. The zero-order valence-electron chi connectivity index (χ0n) is 7.03. The molecule has 14 heavy (non-hydrogen) atoms. The van der Waals surface area contributed by atoms with Crippen molar-refractivity contribution in [1.82, 2.24) is 0 Å². The average Bonchev–Trinajstić information content (AvgIpc) is 2.11. The van der Waals surface area contributed by atoms with Gasteiger partial charge in [-0.2, -0.15) is 0 Å². The normalized spacial score (nSPS) is 10.1. The zero-order valence-corrected chi connectivity index (χ0v) is 7.03. The van der Waals surface area contributed by atoms with Crippen LogP contribution in [0.1, 0.15) is 15.9 Å². The molecular formula is C8H8FNO4. The Kier molecular flexibility index (Phi) is 3.00. The van der Waals surface area contributed by atoms with Crippen molar-refractivity contribution in [2.24, 2.45) is 5.90 Å². The van der Waals surface area contributed by atoms with Gasteiger partial charge in [-0.1, -0.05) is 0 Å². The maximum absolute atomic E-state index is 12.9. The molecule has 0 aliphatic heterocycles. The molecule has 0 unspecified atom stereocenters. The van der Waals surface area contributed by atoms with Gasteiger partial charge in [0.2, 0.25) is 0 Å². The predicted molar refractivity (Wildman–Crippen MR) is 44.0 cm³/mol. The quantitative estimate of drug-likeness (QED) is 0.623. The second-order valence-electron chi connectivity index (χ2n) is 2.59. The van der Waals surface area contributed by atoms with E-state index in [1.807, 2.05) is 0 Å². The average molecular weight is 201 g/mol. The first-order valence-corrected chi connectivity index (χ1v) is 3.62. The van der Waals surface area contributed by atoms with Crippen LogP contribution in [-0.4, -0.2) is 16.2 Å². The molecule has 5 nitrogen and oxygen atoms in total. The molecule has 0 amide bonds. The third-order valence-corrected chi connectivity index (χ3v) is 1.60. The van der Waals surface area contributed by atoms with Crippen molar-refractivity contribution in [2.45, 2.75) is 6.61 Å². The molecular weight excluding hydrogens is 193 g/mol. The van der Waals surface area contributed by atoms with Gasteiger partial charge in [0.25, 0.3) is 0 Å². The van der Waals surface area contributed by atoms with E-state index < -0.39 is 23.1 Å². The van der Waals surface area contributed by atoms with Crippen molar-refractivity contribution >= 4 is 5.97 Å². The van der Waals surface area contributed by atoms with E-state index in [0.29, 0.717) is 0 Å². The number of carboxylic acids is 1. The summed E-state index contributed by atoms with van der Waals surface area (Å²) < 4.78 is 12.9. The Balaban J connectivity index is 3.21. The first-order chi connectivity index (χ1) is 6.56. The van der Waals surface area contributed by atoms with Crippen molar-refractivity contribution in [3.63, 3.8) is 0 Å². The molecule has 4 N–H and O–H groups in total. The lowest BCUT2D eigenvalue weighted by Crippen LogP contribution is -2.03. The lowest BCUT2D eigenvalue weighted by atomic mass is 10.1. The summed E-state index contributed by atoms with van der Waals surface area (Å²) >= 11 is 0. The molecule has 1 rings (SSSR count). The second kappa shape index (κ2) is 4.03. The second-order valence-corrected chi connectivity index (χ2v) is 2.59. The van der Waals surface area contributed by atoms with Crippen LogP contribution in [0.15, 0.2) is 12.1 Å². The first kappa shape index (κ1) is 10.4. The van der Waals surface area contributed by atoms with Gasteiger partial charge in [-0.15, -0.1) is 0 Å². The highest BCUT2D eigenvalue weighted by molar-refractivity contribution is 5.91. The van der Waals surface area contributed by atoms with E-state index in [1.54, 1.807) is 0 Å². The summed E-state index contributed by atoms with van der Waals surface area (Å²) in [4.78, 5) is 14.7. The molecule has 0 spiro atoms. The van der Waals surface area contributed by atoms with Crippen LogP contribution in [-0.2, 0) is 11.4 Å². The van der Waals surface area contributed by atoms with Gasteiger partial charge in [0.15, 0.2) is 11.6 Å². The molecule has 0 saturated carbocycles. The third-order valence-electron chi connectivity index (χ3n) is 1.60. The van der Waals surface area contributed by atoms with Gasteiger partial charge in [0, 0.05) is 0 Å². The molecule has 0 atom stereocenters. The van der Waals surface area contributed by atoms with Crippen molar-refractivity contribution < 1.29 is 24.2 Å². The Hall–Kier alpha value is -1.66. The van der Waals surface area contributed by atoms with E-state index in [2.05, 4.69) is 4.84 Å². The number of hydrogen-bond donors (Lipinski definition) is 3. The highest BCUT2D eigenvalue weighted by Crippen LogP contribution is 2.23. The molecule has 1 aromatic rings. The van der Waals surface area contributed by atoms with E-state index in [-0.39, 0.29) is 12.2 Å². The fourth-order valence-corrected chi connectivity index (χ4v) is 0.998. The SMILES string of the molecule is NOCc1cc(F)c(O)c(C(=O)O)c1. The van der Waals surface area contributed by atoms with Gasteiger partial charge in [-0.25, -0.2) is 15.1 Å². The van der Waals surface area contributed by atoms with Crippen LogP contribution >= 0.6 is 0 Å². The number of phenols is 1. The first-order valence-electron chi connectivity index (χ1n) is 3.62. The Labute approximate surface area is 78.5 Å². The van der Waals surface area contributed by atoms with Gasteiger partial charge in [0.1, 0.15) is 5.56 Å². The molecule has 1 aromatic carbocycles. The van der Waals surface area contributed by atoms with E-state index in [0.717, 1.165) is 12.1 Å². The Morgan fingerprint density at radius 2 is 2.21 bits per heavy atom. The molecule has 0 aromatic heterocycles. The summed E-state index contributed by atoms with van der Waals surface area (Å²) in [5.41, 5.74) is -0.280. The minimum Gasteiger partial charge on any atom is -0.504 e. The number of benzene rings is 1. The van der Waals surface area contributed by atoms with E-state index in [4.69, 9.17) is 16.1 Å². The number of aromatic hydroxyl groups is 1. The summed E-state index contributed by atoms with van der Waals surface area (Å²) in [6.45, 7) is -0.128. The van der Waals surface area contributed by atoms with E-state index in [9.17, 15) is 9.18 Å². The largest absolute Gasteiger partial charge is 0.504 e. The monoisotopic (exact) mass is 201 g/mol. The molecule has 0 aliphatic carbocycles. The van der Waals surface area contributed by atoms with Crippen molar-refractivity contribution in [2.75, 3.05) is 0 Å². The minimum atomic E-state index is -1.42. The Bertz CT molecular complexity index is 367. The van der Waals surface area contributed by atoms with Crippen LogP contribution in [0, 0.1) is 5.82 Å². The van der Waals surface area contributed by atoms with Crippen LogP contribution in [0.25, 0.3) is 0 Å². The molecule has 0 heterocycles. The maximum Gasteiger partial charge on any atom is 0.339 e. The molecule has 0 radical (unpaired) electrons. The minimum absolute atomic E-state index is 0.128. The standard InChI is InChI=1S/C8H8FNO4/c9-6-2-4(3-14-10)1-5(7(6)11)8(12)13/h1-2,11H,3,10H2,(H,12,13). The van der Waals surface area contributed by atoms with Crippen molar-refractivity contribution in [3.05, 3.63) is 29.1 Å². The van der Waals surface area contributed by atoms with Crippen molar-refractivity contribution in [3.8, 4) is 5.75 Å². The molecule has 6 heteroatoms. The lowest BCUT2D eigenvalue weighted by molar-refractivity contribution is 0.0692. The number of rotatable bonds is 3. The molecule has 0 saturated heterocycles. The number of carboxylic acid groups (broad SMARTS) is 1. The summed E-state index contributed by atoms with van der Waals surface area (Å²) in [5.74, 6) is 1.42. The fourth-order valence-electron chi connectivity index (χ4n) is 0.998. The number of hydrogen-bond acceptors (Lipinski definition) is 4. The highest BCUT2D eigenvalue weighted by Gasteiger charge is 2.15. The lowest BCUT2D eigenvalue weighted by Gasteiger charge is -2.04. The summed E-state index contributed by atoms with van der Waals surface area (Å²) in [7, 11) is 0. The van der Waals surface area contributed by atoms with Crippen LogP contribution in [0.2, 0.25) is 0 Å². The Morgan fingerprint density at radius 1 is 1.57 bits per heavy atom. The number of carbonyl (C=O) groups is 1. The number of nitrogens with two attached hydrogens (primary N) is 1. The number of halogens is 1. The molecule has 0 fully saturated rings.